The molecule has 0 N–H and O–H groups in total. The molecule has 0 aliphatic rings. The lowest BCUT2D eigenvalue weighted by molar-refractivity contribution is -0.383. The van der Waals surface area contributed by atoms with Gasteiger partial charge in [0.1, 0.15) is 0 Å². The van der Waals surface area contributed by atoms with Gasteiger partial charge in [-0.2, -0.15) is 0 Å². The molecule has 1 amide bonds. The number of amides is 1. The van der Waals surface area contributed by atoms with Crippen molar-refractivity contribution in [1.82, 2.24) is 4.90 Å². The number of nitrogens with zero attached hydrogens (tertiary/aromatic N) is 2. The van der Waals surface area contributed by atoms with Gasteiger partial charge in [-0.15, -0.1) is 0 Å². The van der Waals surface area contributed by atoms with E-state index in [1.54, 1.807) is 30.2 Å². The Kier molecular flexibility index (Phi) is 5.72. The first-order valence-electron chi connectivity index (χ1n) is 7.69. The van der Waals surface area contributed by atoms with Crippen molar-refractivity contribution in [1.29, 1.82) is 0 Å². The zero-order valence-electron chi connectivity index (χ0n) is 13.7. The van der Waals surface area contributed by atoms with Crippen LogP contribution in [-0.2, 0) is 0 Å². The van der Waals surface area contributed by atoms with Crippen molar-refractivity contribution in [3.05, 3.63) is 56.6 Å². The normalized spacial score (nSPS) is 10.6. The van der Waals surface area contributed by atoms with E-state index >= 15 is 0 Å². The Morgan fingerprint density at radius 2 is 2.04 bits per heavy atom. The fraction of sp³-hybridized carbons (Fsp3) is 0.278. The topological polar surface area (TPSA) is 63.5 Å². The number of unbranched alkanes of at least 4 members (excludes halogenated alkanes) is 1. The zero-order chi connectivity index (χ0) is 17.9. The van der Waals surface area contributed by atoms with Crippen LogP contribution in [0.3, 0.4) is 0 Å². The Morgan fingerprint density at radius 3 is 2.62 bits per heavy atom. The average Bonchev–Trinajstić information content (AvgIpc) is 2.58. The molecular weight excluding hydrogens is 372 g/mol. The summed E-state index contributed by atoms with van der Waals surface area (Å²) in [5.41, 5.74) is 1.11. The molecule has 0 atom stereocenters. The quantitative estimate of drug-likeness (QED) is 0.513. The van der Waals surface area contributed by atoms with Crippen molar-refractivity contribution in [2.24, 2.45) is 0 Å². The van der Waals surface area contributed by atoms with E-state index in [0.29, 0.717) is 32.9 Å². The Bertz CT molecular complexity index is 818. The minimum absolute atomic E-state index is 0.0339. The largest absolute Gasteiger partial charge is 0.342 e. The summed E-state index contributed by atoms with van der Waals surface area (Å²) in [6, 6.07) is 6.46. The van der Waals surface area contributed by atoms with Crippen molar-refractivity contribution < 1.29 is 9.72 Å². The molecule has 0 aliphatic carbocycles. The molecule has 0 spiro atoms. The first-order valence-corrected chi connectivity index (χ1v) is 8.49. The number of carbonyl (C=O) groups excluding carboxylic acids is 1. The number of hydrogen-bond acceptors (Lipinski definition) is 3. The highest BCUT2D eigenvalue weighted by Crippen LogP contribution is 2.37. The van der Waals surface area contributed by atoms with Gasteiger partial charge in [-0.05, 0) is 40.0 Å². The molecule has 2 rings (SSSR count). The molecule has 126 valence electrons. The van der Waals surface area contributed by atoms with Crippen LogP contribution in [0.25, 0.3) is 16.8 Å². The fourth-order valence-electron chi connectivity index (χ4n) is 2.67. The molecule has 0 aromatic heterocycles. The van der Waals surface area contributed by atoms with E-state index in [-0.39, 0.29) is 11.6 Å². The van der Waals surface area contributed by atoms with Crippen LogP contribution in [0.15, 0.2) is 35.3 Å². The number of rotatable bonds is 6. The van der Waals surface area contributed by atoms with E-state index in [0.717, 1.165) is 12.8 Å². The molecule has 24 heavy (non-hydrogen) atoms. The molecule has 0 aliphatic heterocycles. The number of nitro groups is 1. The highest BCUT2D eigenvalue weighted by atomic mass is 79.9. The highest BCUT2D eigenvalue weighted by molar-refractivity contribution is 9.10. The van der Waals surface area contributed by atoms with Crippen LogP contribution in [-0.4, -0.2) is 29.3 Å². The number of halogens is 1. The van der Waals surface area contributed by atoms with E-state index < -0.39 is 4.92 Å². The van der Waals surface area contributed by atoms with Crippen molar-refractivity contribution in [3.8, 4) is 0 Å². The van der Waals surface area contributed by atoms with Gasteiger partial charge in [0.2, 0.25) is 0 Å². The summed E-state index contributed by atoms with van der Waals surface area (Å²) in [4.78, 5) is 25.4. The summed E-state index contributed by atoms with van der Waals surface area (Å²) in [6.45, 7) is 6.48. The van der Waals surface area contributed by atoms with Gasteiger partial charge < -0.3 is 4.90 Å². The molecule has 2 aromatic rings. The number of nitro benzene ring substituents is 1. The Labute approximate surface area is 149 Å². The number of hydrogen-bond donors (Lipinski definition) is 0. The Hall–Kier alpha value is -2.21. The third-order valence-electron chi connectivity index (χ3n) is 3.96. The van der Waals surface area contributed by atoms with Crippen molar-refractivity contribution in [2.45, 2.75) is 19.8 Å². The van der Waals surface area contributed by atoms with Crippen LogP contribution in [0, 0.1) is 10.1 Å². The lowest BCUT2D eigenvalue weighted by Crippen LogP contribution is -2.28. The minimum atomic E-state index is -0.436. The van der Waals surface area contributed by atoms with Crippen molar-refractivity contribution in [2.75, 3.05) is 13.6 Å². The number of fused-ring (bicyclic) bond motifs is 1. The molecule has 0 bridgehead atoms. The molecule has 2 aromatic carbocycles. The van der Waals surface area contributed by atoms with E-state index in [2.05, 4.69) is 29.4 Å². The number of carbonyl (C=O) groups is 1. The van der Waals surface area contributed by atoms with Crippen LogP contribution >= 0.6 is 15.9 Å². The summed E-state index contributed by atoms with van der Waals surface area (Å²) in [7, 11) is 1.75. The summed E-state index contributed by atoms with van der Waals surface area (Å²) < 4.78 is 0.584. The van der Waals surface area contributed by atoms with E-state index in [1.807, 2.05) is 0 Å². The van der Waals surface area contributed by atoms with E-state index in [4.69, 9.17) is 0 Å². The highest BCUT2D eigenvalue weighted by Gasteiger charge is 2.23. The maximum Gasteiger partial charge on any atom is 0.278 e. The standard InChI is InChI=1S/C18H19BrN2O3/c1-4-6-11-20(3)18(22)13-8-10-15(21(23)24)17-14(19)9-7-12(5-2)16(13)17/h5,7-10H,2,4,6,11H2,1,3H3. The lowest BCUT2D eigenvalue weighted by atomic mass is 9.97. The van der Waals surface area contributed by atoms with E-state index in [1.165, 1.54) is 12.1 Å². The number of non-ortho nitro benzene ring substituents is 1. The SMILES string of the molecule is C=Cc1ccc(Br)c2c([N+](=O)[O-])ccc(C(=O)N(C)CCCC)c12. The average molecular weight is 391 g/mol. The minimum Gasteiger partial charge on any atom is -0.342 e. The second-order valence-corrected chi connectivity index (χ2v) is 6.41. The third-order valence-corrected chi connectivity index (χ3v) is 4.62. The third kappa shape index (κ3) is 3.33. The second kappa shape index (κ2) is 7.57. The maximum atomic E-state index is 12.8. The molecule has 0 unspecified atom stereocenters. The van der Waals surface area contributed by atoms with Crippen LogP contribution in [0.5, 0.6) is 0 Å². The van der Waals surface area contributed by atoms with Crippen LogP contribution in [0.4, 0.5) is 5.69 Å². The summed E-state index contributed by atoms with van der Waals surface area (Å²) in [5, 5.41) is 12.4. The van der Waals surface area contributed by atoms with Crippen LogP contribution in [0.1, 0.15) is 35.7 Å². The summed E-state index contributed by atoms with van der Waals surface area (Å²) >= 11 is 3.38. The van der Waals surface area contributed by atoms with Gasteiger partial charge >= 0.3 is 0 Å². The molecule has 0 saturated heterocycles. The van der Waals surface area contributed by atoms with E-state index in [9.17, 15) is 14.9 Å². The summed E-state index contributed by atoms with van der Waals surface area (Å²) in [6.07, 6.45) is 3.51. The van der Waals surface area contributed by atoms with Crippen LogP contribution < -0.4 is 0 Å². The predicted molar refractivity (Wildman–Crippen MR) is 100 cm³/mol. The van der Waals surface area contributed by atoms with Crippen LogP contribution in [0.2, 0.25) is 0 Å². The summed E-state index contributed by atoms with van der Waals surface area (Å²) in [5.74, 6) is -0.149. The first-order chi connectivity index (χ1) is 11.4. The fourth-order valence-corrected chi connectivity index (χ4v) is 3.20. The van der Waals surface area contributed by atoms with Gasteiger partial charge in [-0.3, -0.25) is 14.9 Å². The molecule has 5 nitrogen and oxygen atoms in total. The second-order valence-electron chi connectivity index (χ2n) is 5.56. The smallest absolute Gasteiger partial charge is 0.278 e. The van der Waals surface area contributed by atoms with Gasteiger partial charge in [-0.25, -0.2) is 0 Å². The first kappa shape index (κ1) is 18.1. The zero-order valence-corrected chi connectivity index (χ0v) is 15.3. The molecule has 0 heterocycles. The van der Waals surface area contributed by atoms with Gasteiger partial charge in [0, 0.05) is 35.1 Å². The molecule has 6 heteroatoms. The monoisotopic (exact) mass is 390 g/mol. The maximum absolute atomic E-state index is 12.8. The molecular formula is C18H19BrN2O3. The molecule has 0 radical (unpaired) electrons. The number of benzene rings is 2. The Balaban J connectivity index is 2.74. The van der Waals surface area contributed by atoms with Gasteiger partial charge in [0.15, 0.2) is 0 Å². The Morgan fingerprint density at radius 1 is 1.33 bits per heavy atom. The lowest BCUT2D eigenvalue weighted by Gasteiger charge is -2.19. The van der Waals surface area contributed by atoms with Crippen molar-refractivity contribution >= 4 is 44.4 Å². The van der Waals surface area contributed by atoms with Gasteiger partial charge in [0.05, 0.1) is 10.3 Å². The van der Waals surface area contributed by atoms with Gasteiger partial charge in [-0.1, -0.05) is 32.1 Å². The predicted octanol–water partition coefficient (Wildman–Crippen LogP) is 5.03. The molecule has 0 fully saturated rings. The van der Waals surface area contributed by atoms with Gasteiger partial charge in [0.25, 0.3) is 11.6 Å². The molecule has 0 saturated carbocycles. The van der Waals surface area contributed by atoms with Crippen molar-refractivity contribution in [3.63, 3.8) is 0 Å².